The van der Waals surface area contributed by atoms with Gasteiger partial charge in [0.05, 0.1) is 13.3 Å². The number of nitrogens with zero attached hydrogens (tertiary/aromatic N) is 1. The first-order chi connectivity index (χ1) is 12.8. The minimum atomic E-state index is -0.468. The third-order valence-electron chi connectivity index (χ3n) is 3.84. The maximum Gasteiger partial charge on any atom is 0.347 e. The highest BCUT2D eigenvalue weighted by Gasteiger charge is 2.06. The van der Waals surface area contributed by atoms with E-state index < -0.39 is 5.97 Å². The molecule has 0 fully saturated rings. The molecule has 26 heavy (non-hydrogen) atoms. The molecule has 0 N–H and O–H groups in total. The molecule has 0 unspecified atom stereocenters. The fourth-order valence-corrected chi connectivity index (χ4v) is 2.50. The first kappa shape index (κ1) is 17.5. The van der Waals surface area contributed by atoms with Crippen molar-refractivity contribution < 1.29 is 19.1 Å². The fourth-order valence-electron chi connectivity index (χ4n) is 2.50. The van der Waals surface area contributed by atoms with E-state index in [0.717, 1.165) is 27.6 Å². The van der Waals surface area contributed by atoms with Crippen LogP contribution in [0.2, 0.25) is 0 Å². The monoisotopic (exact) mass is 349 g/mol. The van der Waals surface area contributed by atoms with Crippen molar-refractivity contribution >= 4 is 23.0 Å². The van der Waals surface area contributed by atoms with Crippen LogP contribution in [0.15, 0.2) is 71.9 Å². The molecular weight excluding hydrogens is 330 g/mol. The zero-order chi connectivity index (χ0) is 18.2. The number of hydrogen-bond acceptors (Lipinski definition) is 5. The smallest absolute Gasteiger partial charge is 0.347 e. The van der Waals surface area contributed by atoms with Gasteiger partial charge in [-0.3, -0.25) is 0 Å². The highest BCUT2D eigenvalue weighted by Crippen LogP contribution is 2.19. The van der Waals surface area contributed by atoms with Crippen molar-refractivity contribution in [2.45, 2.75) is 6.61 Å². The van der Waals surface area contributed by atoms with Gasteiger partial charge in [-0.05, 0) is 46.2 Å². The lowest BCUT2D eigenvalue weighted by atomic mass is 10.1. The molecule has 3 aromatic rings. The number of oxime groups is 1. The summed E-state index contributed by atoms with van der Waals surface area (Å²) in [5.74, 6) is 0.296. The quantitative estimate of drug-likeness (QED) is 0.368. The van der Waals surface area contributed by atoms with E-state index in [4.69, 9.17) is 14.3 Å². The van der Waals surface area contributed by atoms with E-state index >= 15 is 0 Å². The van der Waals surface area contributed by atoms with Crippen molar-refractivity contribution in [2.75, 3.05) is 13.7 Å². The summed E-state index contributed by atoms with van der Waals surface area (Å²) in [5, 5.41) is 5.96. The maximum absolute atomic E-state index is 11.8. The van der Waals surface area contributed by atoms with Crippen LogP contribution in [0, 0.1) is 0 Å². The second-order valence-corrected chi connectivity index (χ2v) is 5.58. The molecule has 5 nitrogen and oxygen atoms in total. The molecule has 3 aromatic carbocycles. The number of methoxy groups -OCH3 is 1. The molecule has 0 aliphatic carbocycles. The van der Waals surface area contributed by atoms with Crippen molar-refractivity contribution in [3.8, 4) is 5.75 Å². The number of rotatable bonds is 7. The highest BCUT2D eigenvalue weighted by atomic mass is 16.6. The van der Waals surface area contributed by atoms with Crippen LogP contribution in [0.25, 0.3) is 10.8 Å². The second kappa shape index (κ2) is 8.67. The largest absolute Gasteiger partial charge is 0.497 e. The Labute approximate surface area is 151 Å². The maximum atomic E-state index is 11.8. The van der Waals surface area contributed by atoms with Crippen LogP contribution in [0.5, 0.6) is 5.75 Å². The van der Waals surface area contributed by atoms with Gasteiger partial charge in [-0.1, -0.05) is 47.6 Å². The number of esters is 1. The zero-order valence-corrected chi connectivity index (χ0v) is 14.4. The number of carbonyl (C=O) groups is 1. The molecule has 0 aromatic heterocycles. The Kier molecular flexibility index (Phi) is 5.83. The van der Waals surface area contributed by atoms with E-state index in [1.165, 1.54) is 6.21 Å². The van der Waals surface area contributed by atoms with Crippen LogP contribution in [-0.4, -0.2) is 25.9 Å². The Morgan fingerprint density at radius 2 is 1.77 bits per heavy atom. The molecular formula is C21H19NO4. The van der Waals surface area contributed by atoms with Crippen LogP contribution in [0.3, 0.4) is 0 Å². The van der Waals surface area contributed by atoms with Gasteiger partial charge in [0, 0.05) is 0 Å². The lowest BCUT2D eigenvalue weighted by molar-refractivity contribution is -0.150. The molecule has 0 bridgehead atoms. The Morgan fingerprint density at radius 1 is 1.00 bits per heavy atom. The average molecular weight is 349 g/mol. The van der Waals surface area contributed by atoms with Crippen molar-refractivity contribution in [2.24, 2.45) is 5.16 Å². The van der Waals surface area contributed by atoms with Crippen LogP contribution >= 0.6 is 0 Å². The Bertz CT molecular complexity index is 898. The molecule has 0 aliphatic heterocycles. The molecule has 0 radical (unpaired) electrons. The van der Waals surface area contributed by atoms with E-state index in [2.05, 4.69) is 5.16 Å². The highest BCUT2D eigenvalue weighted by molar-refractivity contribution is 5.85. The SMILES string of the molecule is COc1ccc(/C=N\OCC(=O)OCc2cccc3ccccc23)cc1. The van der Waals surface area contributed by atoms with Gasteiger partial charge >= 0.3 is 5.97 Å². The molecule has 0 heterocycles. The molecule has 0 aliphatic rings. The third-order valence-corrected chi connectivity index (χ3v) is 3.84. The first-order valence-electron chi connectivity index (χ1n) is 8.18. The second-order valence-electron chi connectivity index (χ2n) is 5.58. The summed E-state index contributed by atoms with van der Waals surface area (Å²) in [6.07, 6.45) is 1.53. The van der Waals surface area contributed by atoms with E-state index in [-0.39, 0.29) is 13.2 Å². The molecule has 3 rings (SSSR count). The number of ether oxygens (including phenoxy) is 2. The molecule has 0 saturated carbocycles. The number of fused-ring (bicyclic) bond motifs is 1. The van der Waals surface area contributed by atoms with Crippen LogP contribution in [0.4, 0.5) is 0 Å². The minimum Gasteiger partial charge on any atom is -0.497 e. The number of benzene rings is 3. The lowest BCUT2D eigenvalue weighted by Gasteiger charge is -2.07. The van der Waals surface area contributed by atoms with Crippen molar-refractivity contribution in [1.82, 2.24) is 0 Å². The van der Waals surface area contributed by atoms with Crippen molar-refractivity contribution in [3.05, 3.63) is 77.9 Å². The van der Waals surface area contributed by atoms with E-state index in [1.807, 2.05) is 66.7 Å². The molecule has 0 saturated heterocycles. The summed E-state index contributed by atoms with van der Waals surface area (Å²) in [6.45, 7) is -0.0385. The number of carbonyl (C=O) groups excluding carboxylic acids is 1. The summed E-state index contributed by atoms with van der Waals surface area (Å²) >= 11 is 0. The average Bonchev–Trinajstić information content (AvgIpc) is 2.70. The van der Waals surface area contributed by atoms with Gasteiger partial charge in [-0.15, -0.1) is 0 Å². The first-order valence-corrected chi connectivity index (χ1v) is 8.18. The summed E-state index contributed by atoms with van der Waals surface area (Å²) in [6, 6.07) is 21.2. The topological polar surface area (TPSA) is 57.1 Å². The van der Waals surface area contributed by atoms with Gasteiger partial charge in [0.15, 0.2) is 0 Å². The molecule has 0 spiro atoms. The Hall–Kier alpha value is -3.34. The van der Waals surface area contributed by atoms with Gasteiger partial charge in [0.1, 0.15) is 12.4 Å². The lowest BCUT2D eigenvalue weighted by Crippen LogP contribution is -2.11. The van der Waals surface area contributed by atoms with Gasteiger partial charge in [0.25, 0.3) is 0 Å². The summed E-state index contributed by atoms with van der Waals surface area (Å²) in [5.41, 5.74) is 1.80. The Balaban J connectivity index is 1.47. The van der Waals surface area contributed by atoms with Crippen LogP contribution < -0.4 is 4.74 Å². The van der Waals surface area contributed by atoms with E-state index in [1.54, 1.807) is 7.11 Å². The van der Waals surface area contributed by atoms with Crippen LogP contribution in [-0.2, 0) is 21.0 Å². The molecule has 132 valence electrons. The van der Waals surface area contributed by atoms with Crippen molar-refractivity contribution in [1.29, 1.82) is 0 Å². The summed E-state index contributed by atoms with van der Waals surface area (Å²) in [7, 11) is 1.61. The van der Waals surface area contributed by atoms with Gasteiger partial charge in [0.2, 0.25) is 6.61 Å². The minimum absolute atomic E-state index is 0.200. The van der Waals surface area contributed by atoms with E-state index in [9.17, 15) is 4.79 Å². The normalized spacial score (nSPS) is 10.8. The predicted octanol–water partition coefficient (Wildman–Crippen LogP) is 3.94. The predicted molar refractivity (Wildman–Crippen MR) is 100 cm³/mol. The zero-order valence-electron chi connectivity index (χ0n) is 14.4. The van der Waals surface area contributed by atoms with Gasteiger partial charge in [-0.2, -0.15) is 0 Å². The van der Waals surface area contributed by atoms with E-state index in [0.29, 0.717) is 0 Å². The fraction of sp³-hybridized carbons (Fsp3) is 0.143. The van der Waals surface area contributed by atoms with Crippen LogP contribution in [0.1, 0.15) is 11.1 Å². The van der Waals surface area contributed by atoms with Gasteiger partial charge < -0.3 is 14.3 Å². The third kappa shape index (κ3) is 4.60. The molecule has 0 atom stereocenters. The molecule has 5 heteroatoms. The molecule has 0 amide bonds. The van der Waals surface area contributed by atoms with Crippen molar-refractivity contribution in [3.63, 3.8) is 0 Å². The summed E-state index contributed by atoms with van der Waals surface area (Å²) in [4.78, 5) is 16.8. The van der Waals surface area contributed by atoms with Gasteiger partial charge in [-0.25, -0.2) is 4.79 Å². The number of hydrogen-bond donors (Lipinski definition) is 0. The summed E-state index contributed by atoms with van der Waals surface area (Å²) < 4.78 is 10.3. The standard InChI is InChI=1S/C21H19NO4/c1-24-19-11-9-16(10-12-19)13-22-26-15-21(23)25-14-18-7-4-6-17-5-2-3-8-20(17)18/h2-13H,14-15H2,1H3/b22-13-. The Morgan fingerprint density at radius 3 is 2.58 bits per heavy atom.